The van der Waals surface area contributed by atoms with E-state index in [9.17, 15) is 0 Å². The fraction of sp³-hybridized carbons (Fsp3) is 0.200. The lowest BCUT2D eigenvalue weighted by molar-refractivity contribution is 0.734. The zero-order valence-corrected chi connectivity index (χ0v) is 25.9. The first-order chi connectivity index (χ1) is 21.6. The lowest BCUT2D eigenvalue weighted by atomic mass is 9.95. The summed E-state index contributed by atoms with van der Waals surface area (Å²) < 4.78 is 4.56. The second-order valence-electron chi connectivity index (χ2n) is 11.9. The average molecular weight is 575 g/mol. The first-order valence-electron chi connectivity index (χ1n) is 15.8. The third-order valence-electron chi connectivity index (χ3n) is 9.27. The molecular weight excluding hydrogens is 536 g/mol. The van der Waals surface area contributed by atoms with Crippen LogP contribution in [-0.4, -0.2) is 19.3 Å². The zero-order valence-electron chi connectivity index (χ0n) is 25.9. The maximum atomic E-state index is 4.71. The highest BCUT2D eigenvalue weighted by Crippen LogP contribution is 2.37. The molecule has 0 fully saturated rings. The van der Waals surface area contributed by atoms with Crippen molar-refractivity contribution in [1.29, 1.82) is 0 Å². The highest BCUT2D eigenvalue weighted by molar-refractivity contribution is 6.09. The van der Waals surface area contributed by atoms with E-state index in [1.54, 1.807) is 0 Å². The quantitative estimate of drug-likeness (QED) is 0.181. The molecule has 0 radical (unpaired) electrons. The monoisotopic (exact) mass is 574 g/mol. The third kappa shape index (κ3) is 4.81. The summed E-state index contributed by atoms with van der Waals surface area (Å²) in [5, 5.41) is 12.0. The van der Waals surface area contributed by atoms with E-state index in [2.05, 4.69) is 139 Å². The van der Waals surface area contributed by atoms with Gasteiger partial charge in [-0.3, -0.25) is 4.57 Å². The maximum Gasteiger partial charge on any atom is 0.168 e. The Kier molecular flexibility index (Phi) is 7.35. The topological polar surface area (TPSA) is 35.6 Å². The molecule has 5 aromatic carbocycles. The average Bonchev–Trinajstić information content (AvgIpc) is 3.68. The van der Waals surface area contributed by atoms with Crippen LogP contribution < -0.4 is 0 Å². The molecule has 0 N–H and O–H groups in total. The fourth-order valence-corrected chi connectivity index (χ4v) is 6.25. The van der Waals surface area contributed by atoms with E-state index in [1.807, 2.05) is 24.3 Å². The van der Waals surface area contributed by atoms with Gasteiger partial charge in [-0.15, -0.1) is 10.2 Å². The molecule has 2 atom stereocenters. The molecule has 7 aromatic rings. The van der Waals surface area contributed by atoms with Crippen LogP contribution in [0.1, 0.15) is 63.5 Å². The minimum absolute atomic E-state index is 0.526. The first kappa shape index (κ1) is 27.8. The summed E-state index contributed by atoms with van der Waals surface area (Å²) >= 11 is 0. The van der Waals surface area contributed by atoms with Gasteiger partial charge in [-0.2, -0.15) is 0 Å². The molecule has 0 saturated carbocycles. The summed E-state index contributed by atoms with van der Waals surface area (Å²) in [5.41, 5.74) is 9.49. The van der Waals surface area contributed by atoms with E-state index in [4.69, 9.17) is 5.10 Å². The number of benzene rings is 5. The zero-order chi connectivity index (χ0) is 30.2. The van der Waals surface area contributed by atoms with Crippen molar-refractivity contribution < 1.29 is 0 Å². The smallest absolute Gasteiger partial charge is 0.168 e. The van der Waals surface area contributed by atoms with Crippen molar-refractivity contribution >= 4 is 21.8 Å². The van der Waals surface area contributed by atoms with Gasteiger partial charge in [-0.05, 0) is 96.5 Å². The predicted octanol–water partition coefficient (Wildman–Crippen LogP) is 10.7. The number of aromatic nitrogens is 4. The van der Waals surface area contributed by atoms with Gasteiger partial charge in [0.2, 0.25) is 0 Å². The van der Waals surface area contributed by atoms with Crippen LogP contribution >= 0.6 is 0 Å². The van der Waals surface area contributed by atoms with Gasteiger partial charge in [0, 0.05) is 33.3 Å². The van der Waals surface area contributed by atoms with Crippen LogP contribution in [0.2, 0.25) is 0 Å². The Morgan fingerprint density at radius 2 is 0.955 bits per heavy atom. The highest BCUT2D eigenvalue weighted by Gasteiger charge is 2.19. The van der Waals surface area contributed by atoms with Gasteiger partial charge in [0.25, 0.3) is 0 Å². The van der Waals surface area contributed by atoms with Crippen LogP contribution in [0.4, 0.5) is 0 Å². The number of para-hydroxylation sites is 1. The first-order valence-corrected chi connectivity index (χ1v) is 15.8. The van der Waals surface area contributed by atoms with Crippen molar-refractivity contribution in [1.82, 2.24) is 19.3 Å². The van der Waals surface area contributed by atoms with Crippen LogP contribution in [-0.2, 0) is 0 Å². The number of rotatable bonds is 8. The second kappa shape index (κ2) is 11.6. The number of nitrogens with zero attached hydrogens (tertiary/aromatic N) is 4. The molecule has 0 spiro atoms. The van der Waals surface area contributed by atoms with Crippen molar-refractivity contribution in [2.75, 3.05) is 0 Å². The number of hydrogen-bond donors (Lipinski definition) is 0. The maximum absolute atomic E-state index is 4.71. The van der Waals surface area contributed by atoms with E-state index in [1.165, 1.54) is 32.9 Å². The van der Waals surface area contributed by atoms with Crippen LogP contribution in [0, 0.1) is 0 Å². The van der Waals surface area contributed by atoms with Crippen molar-refractivity contribution in [2.45, 2.75) is 52.4 Å². The Labute approximate surface area is 259 Å². The molecule has 0 aliphatic heterocycles. The van der Waals surface area contributed by atoms with E-state index in [0.717, 1.165) is 47.0 Å². The van der Waals surface area contributed by atoms with Crippen LogP contribution in [0.3, 0.4) is 0 Å². The Hall–Kier alpha value is -4.96. The van der Waals surface area contributed by atoms with Crippen molar-refractivity contribution in [3.05, 3.63) is 132 Å². The minimum atomic E-state index is 0.526. The summed E-state index contributed by atoms with van der Waals surface area (Å²) in [4.78, 5) is 0. The van der Waals surface area contributed by atoms with Gasteiger partial charge in [-0.25, -0.2) is 0 Å². The highest BCUT2D eigenvalue weighted by atomic mass is 15.3. The third-order valence-corrected chi connectivity index (χ3v) is 9.27. The summed E-state index contributed by atoms with van der Waals surface area (Å²) in [6.07, 6.45) is 2.26. The predicted molar refractivity (Wildman–Crippen MR) is 184 cm³/mol. The normalized spacial score (nSPS) is 13.0. The molecule has 2 heterocycles. The molecule has 0 amide bonds. The Balaban J connectivity index is 1.37. The lowest BCUT2D eigenvalue weighted by Gasteiger charge is -2.13. The largest absolute Gasteiger partial charge is 0.309 e. The molecule has 4 nitrogen and oxygen atoms in total. The molecule has 0 saturated heterocycles. The SMILES string of the molecule is CCC(C)c1ccc2c(c1)c1cc(C(C)CC)ccc1n2-c1ccc(-c2nnc(-c3ccccc3)n2-c2ccccc2)cc1. The Morgan fingerprint density at radius 3 is 1.45 bits per heavy atom. The number of fused-ring (bicyclic) bond motifs is 3. The van der Waals surface area contributed by atoms with E-state index in [0.29, 0.717) is 11.8 Å². The molecule has 44 heavy (non-hydrogen) atoms. The van der Waals surface area contributed by atoms with Gasteiger partial charge < -0.3 is 4.57 Å². The Bertz CT molecular complexity index is 1980. The van der Waals surface area contributed by atoms with E-state index < -0.39 is 0 Å². The summed E-state index contributed by atoms with van der Waals surface area (Å²) in [6, 6.07) is 43.5. The summed E-state index contributed by atoms with van der Waals surface area (Å²) in [7, 11) is 0. The van der Waals surface area contributed by atoms with Crippen LogP contribution in [0.5, 0.6) is 0 Å². The summed E-state index contributed by atoms with van der Waals surface area (Å²) in [6.45, 7) is 9.17. The molecule has 218 valence electrons. The second-order valence-corrected chi connectivity index (χ2v) is 11.9. The van der Waals surface area contributed by atoms with E-state index >= 15 is 0 Å². The van der Waals surface area contributed by atoms with Gasteiger partial charge in [0.1, 0.15) is 0 Å². The summed E-state index contributed by atoms with van der Waals surface area (Å²) in [5.74, 6) is 2.70. The van der Waals surface area contributed by atoms with Gasteiger partial charge in [0.05, 0.1) is 11.0 Å². The molecule has 0 bridgehead atoms. The van der Waals surface area contributed by atoms with Crippen LogP contribution in [0.25, 0.3) is 56.0 Å². The van der Waals surface area contributed by atoms with Gasteiger partial charge in [-0.1, -0.05) is 88.4 Å². The Morgan fingerprint density at radius 1 is 0.500 bits per heavy atom. The molecule has 2 aromatic heterocycles. The lowest BCUT2D eigenvalue weighted by Crippen LogP contribution is -2.00. The molecular formula is C40H38N4. The van der Waals surface area contributed by atoms with Gasteiger partial charge in [0.15, 0.2) is 11.6 Å². The molecule has 7 rings (SSSR count). The minimum Gasteiger partial charge on any atom is -0.309 e. The molecule has 0 aliphatic carbocycles. The van der Waals surface area contributed by atoms with Crippen molar-refractivity contribution in [3.8, 4) is 34.2 Å². The number of hydrogen-bond acceptors (Lipinski definition) is 2. The molecule has 4 heteroatoms. The van der Waals surface area contributed by atoms with Crippen molar-refractivity contribution in [2.24, 2.45) is 0 Å². The standard InChI is InChI=1S/C40H38N4/c1-5-27(3)31-19-23-37-35(25-31)36-26-32(28(4)6-2)20-24-38(36)43(37)34-21-17-30(18-22-34)40-42-41-39(29-13-9-7-10-14-29)44(40)33-15-11-8-12-16-33/h7-28H,5-6H2,1-4H3. The molecule has 0 aliphatic rings. The fourth-order valence-electron chi connectivity index (χ4n) is 6.25. The van der Waals surface area contributed by atoms with Gasteiger partial charge >= 0.3 is 0 Å². The van der Waals surface area contributed by atoms with Crippen molar-refractivity contribution in [3.63, 3.8) is 0 Å². The van der Waals surface area contributed by atoms with Crippen LogP contribution in [0.15, 0.2) is 121 Å². The van der Waals surface area contributed by atoms with E-state index in [-0.39, 0.29) is 0 Å². The molecule has 2 unspecified atom stereocenters.